The second-order valence-electron chi connectivity index (χ2n) is 2.68. The molecule has 0 heterocycles. The van der Waals surface area contributed by atoms with E-state index >= 15 is 0 Å². The molecule has 1 aromatic carbocycles. The van der Waals surface area contributed by atoms with Gasteiger partial charge in [-0.2, -0.15) is 0 Å². The third-order valence-electron chi connectivity index (χ3n) is 1.15. The van der Waals surface area contributed by atoms with Gasteiger partial charge in [-0.05, 0) is 38.1 Å². The molecule has 1 nitrogen and oxygen atoms in total. The molecule has 0 bridgehead atoms. The number of hydrogen-bond acceptors (Lipinski definition) is 2. The van der Waals surface area contributed by atoms with Gasteiger partial charge in [-0.3, -0.25) is 0 Å². The van der Waals surface area contributed by atoms with Crippen LogP contribution in [-0.4, -0.2) is 6.10 Å². The minimum atomic E-state index is 0.263. The SMILES string of the molecule is CC(C)OSc1ccc(Br)cc1. The van der Waals surface area contributed by atoms with Gasteiger partial charge in [0.05, 0.1) is 6.10 Å². The Morgan fingerprint density at radius 2 is 1.83 bits per heavy atom. The van der Waals surface area contributed by atoms with Crippen molar-refractivity contribution in [1.29, 1.82) is 0 Å². The van der Waals surface area contributed by atoms with E-state index in [-0.39, 0.29) is 6.10 Å². The molecule has 0 spiro atoms. The van der Waals surface area contributed by atoms with E-state index in [2.05, 4.69) is 15.9 Å². The van der Waals surface area contributed by atoms with Crippen molar-refractivity contribution in [2.75, 3.05) is 0 Å². The van der Waals surface area contributed by atoms with Crippen molar-refractivity contribution >= 4 is 28.0 Å². The average molecular weight is 247 g/mol. The fraction of sp³-hybridized carbons (Fsp3) is 0.333. The Bertz CT molecular complexity index is 233. The Hall–Kier alpha value is 0.01000. The van der Waals surface area contributed by atoms with Crippen molar-refractivity contribution in [3.63, 3.8) is 0 Å². The maximum absolute atomic E-state index is 5.37. The first-order valence-corrected chi connectivity index (χ1v) is 5.31. The van der Waals surface area contributed by atoms with Crippen LogP contribution in [0.5, 0.6) is 0 Å². The largest absolute Gasteiger partial charge is 0.308 e. The Morgan fingerprint density at radius 1 is 1.25 bits per heavy atom. The van der Waals surface area contributed by atoms with E-state index < -0.39 is 0 Å². The third kappa shape index (κ3) is 3.61. The van der Waals surface area contributed by atoms with E-state index in [0.29, 0.717) is 0 Å². The van der Waals surface area contributed by atoms with E-state index in [0.717, 1.165) is 9.37 Å². The summed E-state index contributed by atoms with van der Waals surface area (Å²) in [7, 11) is 0. The van der Waals surface area contributed by atoms with Crippen LogP contribution in [0.1, 0.15) is 13.8 Å². The number of rotatable bonds is 3. The predicted octanol–water partition coefficient (Wildman–Crippen LogP) is 3.88. The van der Waals surface area contributed by atoms with Gasteiger partial charge in [-0.15, -0.1) is 0 Å². The van der Waals surface area contributed by atoms with Gasteiger partial charge < -0.3 is 4.18 Å². The van der Waals surface area contributed by atoms with Crippen LogP contribution in [-0.2, 0) is 4.18 Å². The van der Waals surface area contributed by atoms with Crippen molar-refractivity contribution in [2.24, 2.45) is 0 Å². The summed E-state index contributed by atoms with van der Waals surface area (Å²) in [6, 6.07) is 8.06. The smallest absolute Gasteiger partial charge is 0.0670 e. The number of hydrogen-bond donors (Lipinski definition) is 0. The van der Waals surface area contributed by atoms with Crippen molar-refractivity contribution < 1.29 is 4.18 Å². The molecule has 3 heteroatoms. The second kappa shape index (κ2) is 4.90. The average Bonchev–Trinajstić information content (AvgIpc) is 2.03. The van der Waals surface area contributed by atoms with E-state index in [4.69, 9.17) is 4.18 Å². The van der Waals surface area contributed by atoms with Gasteiger partial charge in [0, 0.05) is 21.4 Å². The summed E-state index contributed by atoms with van der Waals surface area (Å²) in [4.78, 5) is 1.13. The Kier molecular flexibility index (Phi) is 4.12. The summed E-state index contributed by atoms with van der Waals surface area (Å²) in [6.45, 7) is 4.04. The highest BCUT2D eigenvalue weighted by Crippen LogP contribution is 2.22. The van der Waals surface area contributed by atoms with Gasteiger partial charge in [-0.1, -0.05) is 15.9 Å². The molecule has 0 amide bonds. The van der Waals surface area contributed by atoms with Crippen LogP contribution in [0.25, 0.3) is 0 Å². The zero-order valence-electron chi connectivity index (χ0n) is 7.08. The Balaban J connectivity index is 2.48. The molecule has 0 fully saturated rings. The molecule has 1 rings (SSSR count). The first kappa shape index (κ1) is 10.1. The molecule has 0 N–H and O–H groups in total. The van der Waals surface area contributed by atoms with Gasteiger partial charge in [0.25, 0.3) is 0 Å². The van der Waals surface area contributed by atoms with Crippen LogP contribution in [0.4, 0.5) is 0 Å². The molecule has 0 saturated heterocycles. The van der Waals surface area contributed by atoms with Crippen molar-refractivity contribution in [3.8, 4) is 0 Å². The number of halogens is 1. The fourth-order valence-electron chi connectivity index (χ4n) is 0.642. The van der Waals surface area contributed by atoms with E-state index in [1.165, 1.54) is 12.0 Å². The molecule has 0 aliphatic rings. The first-order chi connectivity index (χ1) is 5.68. The van der Waals surface area contributed by atoms with Crippen LogP contribution in [0.2, 0.25) is 0 Å². The van der Waals surface area contributed by atoms with E-state index in [1.54, 1.807) is 0 Å². The van der Waals surface area contributed by atoms with Crippen molar-refractivity contribution in [1.82, 2.24) is 0 Å². The molecule has 0 unspecified atom stereocenters. The summed E-state index contributed by atoms with van der Waals surface area (Å²) in [5.41, 5.74) is 0. The van der Waals surface area contributed by atoms with Gasteiger partial charge in [0.15, 0.2) is 0 Å². The Morgan fingerprint density at radius 3 is 2.33 bits per heavy atom. The maximum atomic E-state index is 5.37. The van der Waals surface area contributed by atoms with E-state index in [9.17, 15) is 0 Å². The topological polar surface area (TPSA) is 9.23 Å². The zero-order chi connectivity index (χ0) is 8.97. The van der Waals surface area contributed by atoms with Gasteiger partial charge >= 0.3 is 0 Å². The third-order valence-corrected chi connectivity index (χ3v) is 2.62. The molecule has 0 aliphatic carbocycles. The quantitative estimate of drug-likeness (QED) is 0.749. The summed E-state index contributed by atoms with van der Waals surface area (Å²) in [5.74, 6) is 0. The minimum absolute atomic E-state index is 0.263. The van der Waals surface area contributed by atoms with Crippen LogP contribution < -0.4 is 0 Å². The Labute approximate surface area is 85.8 Å². The van der Waals surface area contributed by atoms with Crippen LogP contribution in [0.3, 0.4) is 0 Å². The van der Waals surface area contributed by atoms with Gasteiger partial charge in [0.1, 0.15) is 0 Å². The lowest BCUT2D eigenvalue weighted by Crippen LogP contribution is -1.93. The first-order valence-electron chi connectivity index (χ1n) is 3.77. The van der Waals surface area contributed by atoms with Crippen molar-refractivity contribution in [2.45, 2.75) is 24.8 Å². The molecule has 1 aromatic rings. The molecule has 0 saturated carbocycles. The summed E-state index contributed by atoms with van der Waals surface area (Å²) in [6.07, 6.45) is 0.263. The lowest BCUT2D eigenvalue weighted by atomic mass is 10.4. The molecule has 0 radical (unpaired) electrons. The minimum Gasteiger partial charge on any atom is -0.308 e. The van der Waals surface area contributed by atoms with Gasteiger partial charge in [-0.25, -0.2) is 0 Å². The monoisotopic (exact) mass is 246 g/mol. The second-order valence-corrected chi connectivity index (χ2v) is 4.43. The summed E-state index contributed by atoms with van der Waals surface area (Å²) < 4.78 is 6.46. The fourth-order valence-corrected chi connectivity index (χ4v) is 1.46. The number of benzene rings is 1. The zero-order valence-corrected chi connectivity index (χ0v) is 9.48. The molecule has 0 atom stereocenters. The van der Waals surface area contributed by atoms with Crippen LogP contribution in [0, 0.1) is 0 Å². The highest BCUT2D eigenvalue weighted by atomic mass is 79.9. The standard InChI is InChI=1S/C9H11BrOS/c1-7(2)11-12-9-5-3-8(10)4-6-9/h3-7H,1-2H3. The molecule has 0 aliphatic heterocycles. The van der Waals surface area contributed by atoms with E-state index in [1.807, 2.05) is 38.1 Å². The lowest BCUT2D eigenvalue weighted by Gasteiger charge is -2.04. The molecule has 0 aromatic heterocycles. The summed E-state index contributed by atoms with van der Waals surface area (Å²) >= 11 is 4.79. The van der Waals surface area contributed by atoms with Crippen LogP contribution >= 0.6 is 28.0 Å². The highest BCUT2D eigenvalue weighted by Gasteiger charge is 1.96. The molecular weight excluding hydrogens is 236 g/mol. The normalized spacial score (nSPS) is 10.7. The molecular formula is C9H11BrOS. The maximum Gasteiger partial charge on any atom is 0.0670 e. The summed E-state index contributed by atoms with van der Waals surface area (Å²) in [5, 5.41) is 0. The molecule has 12 heavy (non-hydrogen) atoms. The van der Waals surface area contributed by atoms with Crippen molar-refractivity contribution in [3.05, 3.63) is 28.7 Å². The highest BCUT2D eigenvalue weighted by molar-refractivity contribution is 9.10. The lowest BCUT2D eigenvalue weighted by molar-refractivity contribution is 0.289. The van der Waals surface area contributed by atoms with Crippen LogP contribution in [0.15, 0.2) is 33.6 Å². The van der Waals surface area contributed by atoms with Gasteiger partial charge in [0.2, 0.25) is 0 Å². The predicted molar refractivity (Wildman–Crippen MR) is 56.2 cm³/mol. The molecule has 66 valence electrons.